The van der Waals surface area contributed by atoms with Gasteiger partial charge in [0.15, 0.2) is 8.32 Å². The van der Waals surface area contributed by atoms with Crippen LogP contribution in [0.4, 0.5) is 0 Å². The molecule has 4 rings (SSSR count). The third kappa shape index (κ3) is 5.33. The maximum absolute atomic E-state index is 10.3. The second-order valence-corrected chi connectivity index (χ2v) is 20.8. The Hall–Kier alpha value is -0.123. The zero-order valence-electron chi connectivity index (χ0n) is 25.5. The molecule has 0 aromatic heterocycles. The molecule has 0 saturated heterocycles. The van der Waals surface area contributed by atoms with Crippen LogP contribution in [0, 0.1) is 46.3 Å². The van der Waals surface area contributed by atoms with Crippen LogP contribution < -0.4 is 0 Å². The van der Waals surface area contributed by atoms with Gasteiger partial charge >= 0.3 is 0 Å². The summed E-state index contributed by atoms with van der Waals surface area (Å²) in [7, 11) is -1.63. The summed E-state index contributed by atoms with van der Waals surface area (Å²) in [6, 6.07) is 0. The van der Waals surface area contributed by atoms with Gasteiger partial charge in [0.05, 0.1) is 6.10 Å². The van der Waals surface area contributed by atoms with Crippen LogP contribution in [0.5, 0.6) is 0 Å². The quantitative estimate of drug-likeness (QED) is 0.257. The maximum atomic E-state index is 10.3. The summed E-state index contributed by atoms with van der Waals surface area (Å²) >= 11 is 0. The highest BCUT2D eigenvalue weighted by atomic mass is 28.4. The van der Waals surface area contributed by atoms with Gasteiger partial charge in [0, 0.05) is 6.61 Å². The molecule has 36 heavy (non-hydrogen) atoms. The SMILES string of the molecule is C[C@H](CCC[C@@H](C)[C@H]1CC[C@H]2[C@@H]3CC=C4CC(O)CC[C@]4(C)[C@H]3CC[C@]12C)CO[Si](C)(C)C(C)(C)C. The summed E-state index contributed by atoms with van der Waals surface area (Å²) in [5.74, 6) is 5.10. The van der Waals surface area contributed by atoms with E-state index in [4.69, 9.17) is 4.43 Å². The van der Waals surface area contributed by atoms with Crippen LogP contribution in [0.15, 0.2) is 11.6 Å². The predicted molar refractivity (Wildman–Crippen MR) is 157 cm³/mol. The Bertz CT molecular complexity index is 796. The van der Waals surface area contributed by atoms with E-state index >= 15 is 0 Å². The highest BCUT2D eigenvalue weighted by Crippen LogP contribution is 2.67. The highest BCUT2D eigenvalue weighted by molar-refractivity contribution is 6.74. The highest BCUT2D eigenvalue weighted by Gasteiger charge is 2.59. The minimum atomic E-state index is -1.63. The van der Waals surface area contributed by atoms with Gasteiger partial charge in [0.1, 0.15) is 0 Å². The third-order valence-electron chi connectivity index (χ3n) is 12.7. The Balaban J connectivity index is 1.31. The molecule has 0 aliphatic heterocycles. The number of allylic oxidation sites excluding steroid dienone is 1. The number of aliphatic hydroxyl groups excluding tert-OH is 1. The predicted octanol–water partition coefficient (Wildman–Crippen LogP) is 9.39. The summed E-state index contributed by atoms with van der Waals surface area (Å²) in [5, 5.41) is 10.6. The third-order valence-corrected chi connectivity index (χ3v) is 17.2. The number of hydrogen-bond donors (Lipinski definition) is 1. The van der Waals surface area contributed by atoms with Crippen LogP contribution in [0.3, 0.4) is 0 Å². The molecule has 0 bridgehead atoms. The minimum Gasteiger partial charge on any atom is -0.417 e. The van der Waals surface area contributed by atoms with Gasteiger partial charge in [0.25, 0.3) is 0 Å². The molecule has 0 amide bonds. The summed E-state index contributed by atoms with van der Waals surface area (Å²) in [6.07, 6.45) is 16.8. The lowest BCUT2D eigenvalue weighted by molar-refractivity contribution is -0.0573. The van der Waals surface area contributed by atoms with Crippen molar-refractivity contribution in [2.75, 3.05) is 6.61 Å². The standard InChI is InChI=1S/C33H60O2Si/c1-23(22-35-36(8,9)31(3,4)5)11-10-12-24(2)28-15-16-29-27-14-13-25-21-26(34)17-19-32(25,6)30(27)18-20-33(28,29)7/h13,23-24,26-30,34H,10-12,14-22H2,1-9H3/t23-,24-,26?,27+,28-,29+,30+,32+,33-/m1/s1. The zero-order valence-corrected chi connectivity index (χ0v) is 26.5. The Kier molecular flexibility index (Phi) is 8.38. The van der Waals surface area contributed by atoms with E-state index in [2.05, 4.69) is 67.6 Å². The molecule has 208 valence electrons. The Morgan fingerprint density at radius 3 is 2.44 bits per heavy atom. The minimum absolute atomic E-state index is 0.0900. The number of hydrogen-bond acceptors (Lipinski definition) is 2. The number of aliphatic hydroxyl groups is 1. The molecule has 0 spiro atoms. The van der Waals surface area contributed by atoms with Gasteiger partial charge in [-0.25, -0.2) is 0 Å². The molecule has 3 fully saturated rings. The van der Waals surface area contributed by atoms with Crippen molar-refractivity contribution in [2.24, 2.45) is 46.3 Å². The Morgan fingerprint density at radius 2 is 1.75 bits per heavy atom. The molecule has 3 saturated carbocycles. The molecule has 2 nitrogen and oxygen atoms in total. The van der Waals surface area contributed by atoms with Gasteiger partial charge in [-0.2, -0.15) is 0 Å². The van der Waals surface area contributed by atoms with Crippen molar-refractivity contribution in [1.82, 2.24) is 0 Å². The van der Waals surface area contributed by atoms with E-state index in [0.717, 1.165) is 49.0 Å². The first-order chi connectivity index (χ1) is 16.7. The Labute approximate surface area is 225 Å². The van der Waals surface area contributed by atoms with Gasteiger partial charge in [-0.15, -0.1) is 0 Å². The molecule has 4 aliphatic carbocycles. The largest absolute Gasteiger partial charge is 0.417 e. The van der Waals surface area contributed by atoms with E-state index in [1.165, 1.54) is 57.8 Å². The van der Waals surface area contributed by atoms with E-state index < -0.39 is 8.32 Å². The molecule has 3 heteroatoms. The molecule has 1 unspecified atom stereocenters. The molecule has 0 radical (unpaired) electrons. The first-order valence-electron chi connectivity index (χ1n) is 15.7. The first kappa shape index (κ1) is 28.9. The molecule has 0 aromatic rings. The van der Waals surface area contributed by atoms with Gasteiger partial charge in [-0.05, 0) is 122 Å². The van der Waals surface area contributed by atoms with Crippen molar-refractivity contribution in [1.29, 1.82) is 0 Å². The van der Waals surface area contributed by atoms with Crippen LogP contribution in [-0.2, 0) is 4.43 Å². The molecule has 0 aromatic carbocycles. The monoisotopic (exact) mass is 516 g/mol. The average Bonchev–Trinajstić information content (AvgIpc) is 3.15. The molecular formula is C33H60O2Si. The van der Waals surface area contributed by atoms with Gasteiger partial charge in [0.2, 0.25) is 0 Å². The maximum Gasteiger partial charge on any atom is 0.191 e. The fraction of sp³-hybridized carbons (Fsp3) is 0.939. The zero-order chi connectivity index (χ0) is 26.5. The van der Waals surface area contributed by atoms with E-state index in [9.17, 15) is 5.11 Å². The van der Waals surface area contributed by atoms with Crippen LogP contribution in [-0.4, -0.2) is 26.1 Å². The van der Waals surface area contributed by atoms with E-state index in [0.29, 0.717) is 21.8 Å². The smallest absolute Gasteiger partial charge is 0.191 e. The van der Waals surface area contributed by atoms with Crippen molar-refractivity contribution in [3.8, 4) is 0 Å². The number of rotatable bonds is 8. The van der Waals surface area contributed by atoms with Crippen molar-refractivity contribution in [3.05, 3.63) is 11.6 Å². The lowest BCUT2D eigenvalue weighted by Crippen LogP contribution is -2.50. The fourth-order valence-corrected chi connectivity index (χ4v) is 10.4. The normalized spacial score (nSPS) is 40.6. The van der Waals surface area contributed by atoms with E-state index in [1.807, 2.05) is 0 Å². The van der Waals surface area contributed by atoms with E-state index in [1.54, 1.807) is 5.57 Å². The summed E-state index contributed by atoms with van der Waals surface area (Å²) in [6.45, 7) is 23.0. The molecular weight excluding hydrogens is 456 g/mol. The van der Waals surface area contributed by atoms with Crippen molar-refractivity contribution in [3.63, 3.8) is 0 Å². The van der Waals surface area contributed by atoms with Crippen molar-refractivity contribution in [2.45, 2.75) is 143 Å². The van der Waals surface area contributed by atoms with Crippen LogP contribution in [0.1, 0.15) is 119 Å². The second kappa shape index (κ2) is 10.5. The molecule has 0 heterocycles. The lowest BCUT2D eigenvalue weighted by Gasteiger charge is -2.58. The van der Waals surface area contributed by atoms with Crippen LogP contribution in [0.2, 0.25) is 18.1 Å². The first-order valence-corrected chi connectivity index (χ1v) is 18.6. The second-order valence-electron chi connectivity index (χ2n) is 16.0. The lowest BCUT2D eigenvalue weighted by atomic mass is 9.47. The van der Waals surface area contributed by atoms with Gasteiger partial charge < -0.3 is 9.53 Å². The fourth-order valence-electron chi connectivity index (χ4n) is 9.26. The van der Waals surface area contributed by atoms with Crippen LogP contribution >= 0.6 is 0 Å². The number of fused-ring (bicyclic) bond motifs is 5. The molecule has 1 N–H and O–H groups in total. The summed E-state index contributed by atoms with van der Waals surface area (Å²) < 4.78 is 6.52. The van der Waals surface area contributed by atoms with Crippen molar-refractivity contribution >= 4 is 8.32 Å². The average molecular weight is 517 g/mol. The summed E-state index contributed by atoms with van der Waals surface area (Å²) in [5.41, 5.74) is 2.53. The van der Waals surface area contributed by atoms with Gasteiger partial charge in [-0.1, -0.05) is 73.0 Å². The molecule has 9 atom stereocenters. The Morgan fingerprint density at radius 1 is 1.03 bits per heavy atom. The van der Waals surface area contributed by atoms with Crippen molar-refractivity contribution < 1.29 is 9.53 Å². The summed E-state index contributed by atoms with van der Waals surface area (Å²) in [4.78, 5) is 0. The van der Waals surface area contributed by atoms with Crippen LogP contribution in [0.25, 0.3) is 0 Å². The van der Waals surface area contributed by atoms with E-state index in [-0.39, 0.29) is 6.10 Å². The topological polar surface area (TPSA) is 29.5 Å². The van der Waals surface area contributed by atoms with Gasteiger partial charge in [-0.3, -0.25) is 0 Å². The molecule has 4 aliphatic rings.